The summed E-state index contributed by atoms with van der Waals surface area (Å²) < 4.78 is 1.71. The Labute approximate surface area is 115 Å². The molecule has 0 saturated carbocycles. The highest BCUT2D eigenvalue weighted by Crippen LogP contribution is 2.08. The molecule has 0 spiro atoms. The zero-order chi connectivity index (χ0) is 14.5. The lowest BCUT2D eigenvalue weighted by atomic mass is 10.2. The molecule has 20 heavy (non-hydrogen) atoms. The van der Waals surface area contributed by atoms with E-state index in [0.29, 0.717) is 24.3 Å². The summed E-state index contributed by atoms with van der Waals surface area (Å²) in [6.45, 7) is 2.50. The van der Waals surface area contributed by atoms with Crippen molar-refractivity contribution in [2.75, 3.05) is 6.54 Å². The molecular weight excluding hydrogens is 258 g/mol. The molecule has 0 atom stereocenters. The maximum atomic E-state index is 11.8. The third-order valence-corrected chi connectivity index (χ3v) is 2.97. The Hall–Kier alpha value is -2.63. The lowest BCUT2D eigenvalue weighted by Crippen LogP contribution is -2.28. The van der Waals surface area contributed by atoms with Crippen LogP contribution in [0.15, 0.2) is 41.6 Å². The number of aromatic hydroxyl groups is 1. The number of pyridine rings is 2. The van der Waals surface area contributed by atoms with E-state index in [1.165, 1.54) is 12.3 Å². The van der Waals surface area contributed by atoms with Gasteiger partial charge in [-0.3, -0.25) is 14.6 Å². The summed E-state index contributed by atoms with van der Waals surface area (Å²) in [6.07, 6.45) is 4.68. The van der Waals surface area contributed by atoms with Crippen LogP contribution in [0.4, 0.5) is 0 Å². The molecule has 2 N–H and O–H groups in total. The molecule has 0 unspecified atom stereocenters. The van der Waals surface area contributed by atoms with E-state index in [2.05, 4.69) is 10.3 Å². The molecule has 1 amide bonds. The smallest absolute Gasteiger partial charge is 0.252 e. The second-order valence-corrected chi connectivity index (χ2v) is 4.31. The van der Waals surface area contributed by atoms with E-state index in [-0.39, 0.29) is 11.7 Å². The lowest BCUT2D eigenvalue weighted by molar-refractivity contribution is 0.0952. The van der Waals surface area contributed by atoms with Crippen LogP contribution >= 0.6 is 0 Å². The van der Waals surface area contributed by atoms with Gasteiger partial charge in [0.15, 0.2) is 5.75 Å². The van der Waals surface area contributed by atoms with Gasteiger partial charge >= 0.3 is 0 Å². The number of amides is 1. The molecule has 0 saturated heterocycles. The summed E-state index contributed by atoms with van der Waals surface area (Å²) in [5.41, 5.74) is 0.568. The van der Waals surface area contributed by atoms with Crippen molar-refractivity contribution < 1.29 is 9.90 Å². The summed E-state index contributed by atoms with van der Waals surface area (Å²) in [5, 5.41) is 12.3. The quantitative estimate of drug-likeness (QED) is 0.858. The number of hydrogen-bond acceptors (Lipinski definition) is 4. The Morgan fingerprint density at radius 1 is 1.45 bits per heavy atom. The second-order valence-electron chi connectivity index (χ2n) is 4.31. The van der Waals surface area contributed by atoms with Crippen molar-refractivity contribution >= 4 is 5.91 Å². The first-order valence-corrected chi connectivity index (χ1v) is 6.17. The number of nitrogens with one attached hydrogen (secondary N) is 1. The molecule has 0 radical (unpaired) electrons. The topological polar surface area (TPSA) is 84.2 Å². The minimum atomic E-state index is -0.404. The number of nitrogens with zero attached hydrogens (tertiary/aromatic N) is 2. The highest BCUT2D eigenvalue weighted by molar-refractivity contribution is 5.93. The minimum Gasteiger partial charge on any atom is -0.503 e. The van der Waals surface area contributed by atoms with Crippen LogP contribution < -0.4 is 10.7 Å². The molecule has 0 fully saturated rings. The fourth-order valence-electron chi connectivity index (χ4n) is 1.79. The van der Waals surface area contributed by atoms with Crippen molar-refractivity contribution in [3.8, 4) is 5.75 Å². The van der Waals surface area contributed by atoms with Crippen LogP contribution in [0.3, 0.4) is 0 Å². The molecule has 0 aromatic carbocycles. The maximum Gasteiger partial charge on any atom is 0.252 e. The Morgan fingerprint density at radius 3 is 2.95 bits per heavy atom. The summed E-state index contributed by atoms with van der Waals surface area (Å²) in [7, 11) is 0. The van der Waals surface area contributed by atoms with Crippen LogP contribution in [0.25, 0.3) is 0 Å². The fraction of sp³-hybridized carbons (Fsp3) is 0.214. The first kappa shape index (κ1) is 13.8. The summed E-state index contributed by atoms with van der Waals surface area (Å²) >= 11 is 0. The van der Waals surface area contributed by atoms with Crippen molar-refractivity contribution in [3.63, 3.8) is 0 Å². The third-order valence-electron chi connectivity index (χ3n) is 2.97. The van der Waals surface area contributed by atoms with Crippen LogP contribution in [-0.4, -0.2) is 27.1 Å². The third kappa shape index (κ3) is 3.03. The first-order chi connectivity index (χ1) is 9.59. The van der Waals surface area contributed by atoms with Gasteiger partial charge < -0.3 is 15.0 Å². The molecule has 2 rings (SSSR count). The summed E-state index contributed by atoms with van der Waals surface area (Å²) in [4.78, 5) is 26.9. The van der Waals surface area contributed by atoms with Gasteiger partial charge in [0.1, 0.15) is 0 Å². The summed E-state index contributed by atoms with van der Waals surface area (Å²) in [6, 6.07) is 4.67. The van der Waals surface area contributed by atoms with Crippen LogP contribution in [0, 0.1) is 6.92 Å². The molecule has 0 aliphatic carbocycles. The number of hydrogen-bond donors (Lipinski definition) is 2. The highest BCUT2D eigenvalue weighted by atomic mass is 16.3. The molecule has 6 nitrogen and oxygen atoms in total. The van der Waals surface area contributed by atoms with E-state index in [1.54, 1.807) is 36.0 Å². The number of carbonyl (C=O) groups excluding carboxylic acids is 1. The molecule has 0 bridgehead atoms. The van der Waals surface area contributed by atoms with Crippen molar-refractivity contribution in [1.82, 2.24) is 14.9 Å². The van der Waals surface area contributed by atoms with Crippen molar-refractivity contribution in [2.24, 2.45) is 0 Å². The van der Waals surface area contributed by atoms with Gasteiger partial charge in [0.2, 0.25) is 5.43 Å². The highest BCUT2D eigenvalue weighted by Gasteiger charge is 2.06. The van der Waals surface area contributed by atoms with Gasteiger partial charge in [-0.1, -0.05) is 0 Å². The van der Waals surface area contributed by atoms with Gasteiger partial charge in [0.05, 0.1) is 11.3 Å². The van der Waals surface area contributed by atoms with Crippen molar-refractivity contribution in [3.05, 3.63) is 58.3 Å². The predicted octanol–water partition coefficient (Wildman–Crippen LogP) is 0.687. The fourth-order valence-corrected chi connectivity index (χ4v) is 1.79. The molecule has 104 valence electrons. The van der Waals surface area contributed by atoms with Gasteiger partial charge in [-0.15, -0.1) is 0 Å². The molecule has 0 aliphatic rings. The normalized spacial score (nSPS) is 10.2. The predicted molar refractivity (Wildman–Crippen MR) is 73.7 cm³/mol. The zero-order valence-electron chi connectivity index (χ0n) is 11.0. The number of aromatic nitrogens is 2. The van der Waals surface area contributed by atoms with Gasteiger partial charge in [0.25, 0.3) is 5.91 Å². The van der Waals surface area contributed by atoms with Crippen LogP contribution in [-0.2, 0) is 6.54 Å². The van der Waals surface area contributed by atoms with E-state index in [4.69, 9.17) is 0 Å². The van der Waals surface area contributed by atoms with Gasteiger partial charge in [-0.25, -0.2) is 0 Å². The van der Waals surface area contributed by atoms with Crippen molar-refractivity contribution in [1.29, 1.82) is 0 Å². The standard InChI is InChI=1S/C14H15N3O3/c1-10-13(19)12(18)4-7-17(10)8-6-16-14(20)11-3-2-5-15-9-11/h2-5,7,9,19H,6,8H2,1H3,(H,16,20). The SMILES string of the molecule is Cc1c(O)c(=O)ccn1CCNC(=O)c1cccnc1. The van der Waals surface area contributed by atoms with Crippen LogP contribution in [0.5, 0.6) is 5.75 Å². The van der Waals surface area contributed by atoms with Gasteiger partial charge in [-0.05, 0) is 19.1 Å². The maximum absolute atomic E-state index is 11.8. The molecule has 2 heterocycles. The van der Waals surface area contributed by atoms with Crippen LogP contribution in [0.2, 0.25) is 0 Å². The molecule has 6 heteroatoms. The Bertz CT molecular complexity index is 665. The molecule has 2 aromatic heterocycles. The molecular formula is C14H15N3O3. The van der Waals surface area contributed by atoms with Gasteiger partial charge in [0, 0.05) is 37.7 Å². The van der Waals surface area contributed by atoms with E-state index < -0.39 is 5.43 Å². The zero-order valence-corrected chi connectivity index (χ0v) is 11.0. The second kappa shape index (κ2) is 6.01. The number of rotatable bonds is 4. The van der Waals surface area contributed by atoms with E-state index in [1.807, 2.05) is 0 Å². The van der Waals surface area contributed by atoms with E-state index >= 15 is 0 Å². The average Bonchev–Trinajstić information content (AvgIpc) is 2.48. The largest absolute Gasteiger partial charge is 0.503 e. The van der Waals surface area contributed by atoms with E-state index in [0.717, 1.165) is 0 Å². The van der Waals surface area contributed by atoms with Crippen molar-refractivity contribution in [2.45, 2.75) is 13.5 Å². The summed E-state index contributed by atoms with van der Waals surface area (Å²) in [5.74, 6) is -0.466. The Morgan fingerprint density at radius 2 is 2.25 bits per heavy atom. The van der Waals surface area contributed by atoms with Gasteiger partial charge in [-0.2, -0.15) is 0 Å². The Kier molecular flexibility index (Phi) is 4.14. The van der Waals surface area contributed by atoms with E-state index in [9.17, 15) is 14.7 Å². The molecule has 0 aliphatic heterocycles. The first-order valence-electron chi connectivity index (χ1n) is 6.17. The monoisotopic (exact) mass is 273 g/mol. The Balaban J connectivity index is 1.96. The lowest BCUT2D eigenvalue weighted by Gasteiger charge is -2.12. The number of carbonyl (C=O) groups is 1. The van der Waals surface area contributed by atoms with Crippen LogP contribution in [0.1, 0.15) is 16.1 Å². The minimum absolute atomic E-state index is 0.207. The average molecular weight is 273 g/mol. The molecule has 2 aromatic rings.